The summed E-state index contributed by atoms with van der Waals surface area (Å²) in [6.45, 7) is 0. The number of rotatable bonds is 4. The molecule has 1 aromatic carbocycles. The van der Waals surface area contributed by atoms with Gasteiger partial charge in [0.05, 0.1) is 5.75 Å². The summed E-state index contributed by atoms with van der Waals surface area (Å²) in [4.78, 5) is 12.2. The van der Waals surface area contributed by atoms with Crippen LogP contribution in [0.15, 0.2) is 39.8 Å². The molecule has 2 rings (SSSR count). The average Bonchev–Trinajstić information content (AvgIpc) is 2.84. The molecular formula is C11H12N4O2S. The van der Waals surface area contributed by atoms with E-state index >= 15 is 0 Å². The minimum Gasteiger partial charge on any atom is -0.399 e. The molecule has 0 radical (unpaired) electrons. The molecule has 18 heavy (non-hydrogen) atoms. The highest BCUT2D eigenvalue weighted by molar-refractivity contribution is 7.98. The van der Waals surface area contributed by atoms with Crippen molar-refractivity contribution in [2.75, 3.05) is 5.73 Å². The van der Waals surface area contributed by atoms with Gasteiger partial charge >= 0.3 is 0 Å². The number of carbonyl (C=O) groups excluding carboxylic acids is 1. The molecule has 0 aliphatic rings. The molecule has 0 bridgehead atoms. The molecule has 1 aromatic heterocycles. The topological polar surface area (TPSA) is 107 Å². The molecule has 2 aromatic rings. The number of benzene rings is 1. The van der Waals surface area contributed by atoms with Gasteiger partial charge in [0, 0.05) is 16.6 Å². The Kier molecular flexibility index (Phi) is 3.85. The molecule has 0 unspecified atom stereocenters. The van der Waals surface area contributed by atoms with Gasteiger partial charge in [0.25, 0.3) is 5.91 Å². The summed E-state index contributed by atoms with van der Waals surface area (Å²) in [6.07, 6.45) is 0. The van der Waals surface area contributed by atoms with E-state index in [4.69, 9.17) is 16.1 Å². The van der Waals surface area contributed by atoms with Crippen molar-refractivity contribution in [2.45, 2.75) is 10.6 Å². The van der Waals surface area contributed by atoms with Crippen molar-refractivity contribution in [3.8, 4) is 0 Å². The molecule has 6 nitrogen and oxygen atoms in total. The number of amides is 1. The van der Waals surface area contributed by atoms with Crippen LogP contribution in [-0.4, -0.2) is 11.1 Å². The SMILES string of the molecule is NNC(=O)c1cc(CSc2cccc(N)c2)on1. The van der Waals surface area contributed by atoms with Crippen LogP contribution in [0.2, 0.25) is 0 Å². The number of hydrogen-bond acceptors (Lipinski definition) is 6. The van der Waals surface area contributed by atoms with Crippen LogP contribution in [0.4, 0.5) is 5.69 Å². The highest BCUT2D eigenvalue weighted by atomic mass is 32.2. The first-order valence-corrected chi connectivity index (χ1v) is 6.12. The highest BCUT2D eigenvalue weighted by Crippen LogP contribution is 2.24. The van der Waals surface area contributed by atoms with Gasteiger partial charge in [0.2, 0.25) is 0 Å². The van der Waals surface area contributed by atoms with Crippen molar-refractivity contribution in [1.29, 1.82) is 0 Å². The highest BCUT2D eigenvalue weighted by Gasteiger charge is 2.11. The minimum absolute atomic E-state index is 0.167. The van der Waals surface area contributed by atoms with Crippen LogP contribution in [0.1, 0.15) is 16.2 Å². The maximum Gasteiger partial charge on any atom is 0.287 e. The first kappa shape index (κ1) is 12.5. The molecule has 0 saturated heterocycles. The maximum absolute atomic E-state index is 11.2. The summed E-state index contributed by atoms with van der Waals surface area (Å²) in [5, 5.41) is 3.61. The number of hydrogen-bond donors (Lipinski definition) is 3. The van der Waals surface area contributed by atoms with Crippen LogP contribution < -0.4 is 17.0 Å². The van der Waals surface area contributed by atoms with E-state index in [0.717, 1.165) is 4.90 Å². The van der Waals surface area contributed by atoms with Crippen LogP contribution in [0, 0.1) is 0 Å². The Morgan fingerprint density at radius 3 is 3.00 bits per heavy atom. The molecule has 1 amide bonds. The van der Waals surface area contributed by atoms with E-state index in [9.17, 15) is 4.79 Å². The number of carbonyl (C=O) groups is 1. The lowest BCUT2D eigenvalue weighted by molar-refractivity contribution is 0.0944. The lowest BCUT2D eigenvalue weighted by atomic mass is 10.3. The molecule has 0 atom stereocenters. The first-order chi connectivity index (χ1) is 8.69. The van der Waals surface area contributed by atoms with Gasteiger partial charge in [-0.25, -0.2) is 5.84 Å². The number of aromatic nitrogens is 1. The third-order valence-electron chi connectivity index (χ3n) is 2.16. The van der Waals surface area contributed by atoms with E-state index in [1.807, 2.05) is 29.7 Å². The second kappa shape index (κ2) is 5.56. The number of nitrogen functional groups attached to an aromatic ring is 2. The summed E-state index contributed by atoms with van der Waals surface area (Å²) in [5.41, 5.74) is 8.54. The van der Waals surface area contributed by atoms with Crippen molar-refractivity contribution >= 4 is 23.4 Å². The Morgan fingerprint density at radius 2 is 2.28 bits per heavy atom. The summed E-state index contributed by atoms with van der Waals surface area (Å²) in [7, 11) is 0. The van der Waals surface area contributed by atoms with Gasteiger partial charge in [-0.2, -0.15) is 0 Å². The number of nitrogens with two attached hydrogens (primary N) is 2. The minimum atomic E-state index is -0.473. The predicted molar refractivity (Wildman–Crippen MR) is 68.6 cm³/mol. The Labute approximate surface area is 108 Å². The van der Waals surface area contributed by atoms with Crippen molar-refractivity contribution in [2.24, 2.45) is 5.84 Å². The first-order valence-electron chi connectivity index (χ1n) is 5.14. The standard InChI is InChI=1S/C11H12N4O2S/c12-7-2-1-3-9(4-7)18-6-8-5-10(15-17-8)11(16)14-13/h1-5H,6,12-13H2,(H,14,16). The van der Waals surface area contributed by atoms with Crippen molar-refractivity contribution in [3.63, 3.8) is 0 Å². The smallest absolute Gasteiger partial charge is 0.287 e. The zero-order chi connectivity index (χ0) is 13.0. The fourth-order valence-electron chi connectivity index (χ4n) is 1.32. The van der Waals surface area contributed by atoms with Gasteiger partial charge in [-0.3, -0.25) is 10.2 Å². The zero-order valence-electron chi connectivity index (χ0n) is 9.42. The van der Waals surface area contributed by atoms with Gasteiger partial charge in [-0.1, -0.05) is 11.2 Å². The van der Waals surface area contributed by atoms with E-state index in [1.165, 1.54) is 0 Å². The van der Waals surface area contributed by atoms with Gasteiger partial charge in [0.1, 0.15) is 5.76 Å². The normalized spacial score (nSPS) is 10.3. The fourth-order valence-corrected chi connectivity index (χ4v) is 2.16. The number of hydrazine groups is 1. The average molecular weight is 264 g/mol. The fraction of sp³-hybridized carbons (Fsp3) is 0.0909. The van der Waals surface area contributed by atoms with E-state index < -0.39 is 5.91 Å². The van der Waals surface area contributed by atoms with Crippen LogP contribution in [0.3, 0.4) is 0 Å². The van der Waals surface area contributed by atoms with Crippen molar-refractivity contribution in [1.82, 2.24) is 10.6 Å². The molecule has 0 spiro atoms. The summed E-state index contributed by atoms with van der Waals surface area (Å²) >= 11 is 1.54. The van der Waals surface area contributed by atoms with Gasteiger partial charge in [-0.15, -0.1) is 11.8 Å². The van der Waals surface area contributed by atoms with Crippen LogP contribution in [-0.2, 0) is 5.75 Å². The number of thioether (sulfide) groups is 1. The molecule has 0 aliphatic carbocycles. The van der Waals surface area contributed by atoms with Gasteiger partial charge in [-0.05, 0) is 18.2 Å². The summed E-state index contributed by atoms with van der Waals surface area (Å²) in [5.74, 6) is 5.68. The van der Waals surface area contributed by atoms with E-state index in [1.54, 1.807) is 17.8 Å². The Bertz CT molecular complexity index is 555. The predicted octanol–water partition coefficient (Wildman–Crippen LogP) is 1.15. The van der Waals surface area contributed by atoms with Crippen LogP contribution in [0.5, 0.6) is 0 Å². The second-order valence-corrected chi connectivity index (χ2v) is 4.56. The van der Waals surface area contributed by atoms with Crippen LogP contribution in [0.25, 0.3) is 0 Å². The number of nitrogens with one attached hydrogen (secondary N) is 1. The molecular weight excluding hydrogens is 252 g/mol. The third kappa shape index (κ3) is 3.02. The monoisotopic (exact) mass is 264 g/mol. The quantitative estimate of drug-likeness (QED) is 0.251. The summed E-state index contributed by atoms with van der Waals surface area (Å²) in [6, 6.07) is 9.08. The van der Waals surface area contributed by atoms with E-state index in [2.05, 4.69) is 5.16 Å². The lowest BCUT2D eigenvalue weighted by Crippen LogP contribution is -2.30. The third-order valence-corrected chi connectivity index (χ3v) is 3.18. The Hall–Kier alpha value is -1.99. The van der Waals surface area contributed by atoms with Crippen LogP contribution >= 0.6 is 11.8 Å². The largest absolute Gasteiger partial charge is 0.399 e. The molecule has 7 heteroatoms. The van der Waals surface area contributed by atoms with E-state index in [0.29, 0.717) is 17.2 Å². The Morgan fingerprint density at radius 1 is 1.44 bits per heavy atom. The lowest BCUT2D eigenvalue weighted by Gasteiger charge is -1.99. The van der Waals surface area contributed by atoms with E-state index in [-0.39, 0.29) is 5.69 Å². The number of nitrogens with zero attached hydrogens (tertiary/aromatic N) is 1. The molecule has 94 valence electrons. The Balaban J connectivity index is 1.98. The molecule has 5 N–H and O–H groups in total. The van der Waals surface area contributed by atoms with Crippen molar-refractivity contribution < 1.29 is 9.32 Å². The second-order valence-electron chi connectivity index (χ2n) is 3.51. The van der Waals surface area contributed by atoms with Gasteiger partial charge in [0.15, 0.2) is 5.69 Å². The number of anilines is 1. The molecule has 0 fully saturated rings. The maximum atomic E-state index is 11.2. The molecule has 0 aliphatic heterocycles. The summed E-state index contributed by atoms with van der Waals surface area (Å²) < 4.78 is 5.02. The zero-order valence-corrected chi connectivity index (χ0v) is 10.2. The van der Waals surface area contributed by atoms with Crippen molar-refractivity contribution in [3.05, 3.63) is 41.8 Å². The molecule has 1 heterocycles. The molecule has 0 saturated carbocycles. The van der Waals surface area contributed by atoms with Gasteiger partial charge < -0.3 is 10.3 Å².